The number of aromatic nitrogens is 3. The third kappa shape index (κ3) is 4.27. The molecule has 4 aromatic rings. The van der Waals surface area contributed by atoms with E-state index in [9.17, 15) is 9.59 Å². The number of nitrogens with one attached hydrogen (secondary N) is 1. The molecule has 0 aliphatic rings. The number of hydrogen-bond acceptors (Lipinski definition) is 6. The second-order valence-electron chi connectivity index (χ2n) is 8.30. The average molecular weight is 449 g/mol. The molecule has 0 bridgehead atoms. The van der Waals surface area contributed by atoms with Crippen molar-refractivity contribution in [2.75, 3.05) is 11.9 Å². The number of benzene rings is 2. The van der Waals surface area contributed by atoms with Gasteiger partial charge in [-0.25, -0.2) is 14.5 Å². The summed E-state index contributed by atoms with van der Waals surface area (Å²) in [4.78, 5) is 29.0. The Hall–Kier alpha value is -3.52. The fourth-order valence-corrected chi connectivity index (χ4v) is 3.88. The van der Waals surface area contributed by atoms with Crippen LogP contribution in [-0.2, 0) is 9.53 Å². The monoisotopic (exact) mass is 448 g/mol. The van der Waals surface area contributed by atoms with E-state index in [-0.39, 0.29) is 18.2 Å². The maximum Gasteiger partial charge on any atom is 0.357 e. The van der Waals surface area contributed by atoms with Gasteiger partial charge in [0.2, 0.25) is 11.0 Å². The number of esters is 1. The van der Waals surface area contributed by atoms with Crippen molar-refractivity contribution < 1.29 is 14.3 Å². The van der Waals surface area contributed by atoms with Gasteiger partial charge in [-0.2, -0.15) is 5.10 Å². The molecule has 0 spiro atoms. The molecule has 2 aromatic carbocycles. The van der Waals surface area contributed by atoms with Gasteiger partial charge in [0.15, 0.2) is 5.69 Å². The summed E-state index contributed by atoms with van der Waals surface area (Å²) >= 11 is 1.31. The zero-order chi connectivity index (χ0) is 22.9. The molecular formula is C24H24N4O3S. The van der Waals surface area contributed by atoms with E-state index in [1.165, 1.54) is 11.3 Å². The van der Waals surface area contributed by atoms with E-state index in [0.29, 0.717) is 10.8 Å². The second kappa shape index (κ2) is 8.55. The zero-order valence-corrected chi connectivity index (χ0v) is 19.2. The number of nitrogens with zero attached hydrogens (tertiary/aromatic N) is 3. The van der Waals surface area contributed by atoms with Crippen LogP contribution in [0.4, 0.5) is 5.69 Å². The standard InChI is InChI=1S/C24H24N4O3S/c1-5-31-21(29)18-14-32-23(26-18)28-19-13-16(25-22(30)24(2,3)4)11-12-17(19)20(27-28)15-9-7-6-8-10-15/h6-14H,5H2,1-4H3,(H,25,30). The Morgan fingerprint density at radius 3 is 2.56 bits per heavy atom. The highest BCUT2D eigenvalue weighted by Crippen LogP contribution is 2.33. The first-order valence-electron chi connectivity index (χ1n) is 10.3. The molecule has 4 rings (SSSR count). The van der Waals surface area contributed by atoms with Crippen LogP contribution in [0, 0.1) is 5.41 Å². The van der Waals surface area contributed by atoms with E-state index in [4.69, 9.17) is 9.84 Å². The Kier molecular flexibility index (Phi) is 5.80. The lowest BCUT2D eigenvalue weighted by molar-refractivity contribution is -0.123. The van der Waals surface area contributed by atoms with Crippen molar-refractivity contribution in [2.24, 2.45) is 5.41 Å². The second-order valence-corrected chi connectivity index (χ2v) is 9.13. The number of rotatable bonds is 5. The third-order valence-electron chi connectivity index (χ3n) is 4.83. The van der Waals surface area contributed by atoms with Crippen LogP contribution in [-0.4, -0.2) is 33.2 Å². The lowest BCUT2D eigenvalue weighted by Gasteiger charge is -2.17. The normalized spacial score (nSPS) is 11.5. The van der Waals surface area contributed by atoms with Crippen LogP contribution in [0.1, 0.15) is 38.2 Å². The highest BCUT2D eigenvalue weighted by molar-refractivity contribution is 7.12. The summed E-state index contributed by atoms with van der Waals surface area (Å²) in [7, 11) is 0. The maximum atomic E-state index is 12.5. The van der Waals surface area contributed by atoms with E-state index in [0.717, 1.165) is 22.2 Å². The molecular weight excluding hydrogens is 424 g/mol. The molecule has 164 valence electrons. The smallest absolute Gasteiger partial charge is 0.357 e. The Balaban J connectivity index is 1.84. The minimum Gasteiger partial charge on any atom is -0.461 e. The van der Waals surface area contributed by atoms with Gasteiger partial charge >= 0.3 is 5.97 Å². The van der Waals surface area contributed by atoms with E-state index in [2.05, 4.69) is 10.3 Å². The van der Waals surface area contributed by atoms with Crippen molar-refractivity contribution in [3.05, 3.63) is 59.6 Å². The number of ether oxygens (including phenoxy) is 1. The number of hydrogen-bond donors (Lipinski definition) is 1. The Labute approximate surface area is 190 Å². The van der Waals surface area contributed by atoms with Gasteiger partial charge in [-0.1, -0.05) is 51.1 Å². The molecule has 0 radical (unpaired) electrons. The fourth-order valence-electron chi connectivity index (χ4n) is 3.13. The first-order valence-corrected chi connectivity index (χ1v) is 11.2. The summed E-state index contributed by atoms with van der Waals surface area (Å²) in [6.07, 6.45) is 0. The molecule has 0 unspecified atom stereocenters. The van der Waals surface area contributed by atoms with Crippen LogP contribution in [0.15, 0.2) is 53.9 Å². The van der Waals surface area contributed by atoms with Crippen LogP contribution in [0.5, 0.6) is 0 Å². The molecule has 32 heavy (non-hydrogen) atoms. The topological polar surface area (TPSA) is 86.1 Å². The summed E-state index contributed by atoms with van der Waals surface area (Å²) < 4.78 is 6.77. The van der Waals surface area contributed by atoms with Crippen molar-refractivity contribution in [1.82, 2.24) is 14.8 Å². The van der Waals surface area contributed by atoms with Gasteiger partial charge < -0.3 is 10.1 Å². The van der Waals surface area contributed by atoms with Gasteiger partial charge in [-0.05, 0) is 25.1 Å². The van der Waals surface area contributed by atoms with Crippen LogP contribution in [0.3, 0.4) is 0 Å². The Morgan fingerprint density at radius 1 is 1.12 bits per heavy atom. The zero-order valence-electron chi connectivity index (χ0n) is 18.4. The summed E-state index contributed by atoms with van der Waals surface area (Å²) in [5, 5.41) is 10.9. The maximum absolute atomic E-state index is 12.5. The predicted octanol–water partition coefficient (Wildman–Crippen LogP) is 5.31. The average Bonchev–Trinajstić information content (AvgIpc) is 3.39. The summed E-state index contributed by atoms with van der Waals surface area (Å²) in [5.74, 6) is -0.544. The van der Waals surface area contributed by atoms with E-state index in [1.807, 2.05) is 69.3 Å². The molecule has 0 aliphatic carbocycles. The summed E-state index contributed by atoms with van der Waals surface area (Å²) in [6, 6.07) is 15.6. The molecule has 7 nitrogen and oxygen atoms in total. The van der Waals surface area contributed by atoms with Crippen LogP contribution < -0.4 is 5.32 Å². The van der Waals surface area contributed by atoms with Crippen LogP contribution in [0.25, 0.3) is 27.3 Å². The molecule has 2 aromatic heterocycles. The molecule has 2 heterocycles. The highest BCUT2D eigenvalue weighted by Gasteiger charge is 2.23. The molecule has 0 atom stereocenters. The van der Waals surface area contributed by atoms with E-state index in [1.54, 1.807) is 17.0 Å². The molecule has 0 saturated heterocycles. The summed E-state index contributed by atoms with van der Waals surface area (Å²) in [6.45, 7) is 7.64. The van der Waals surface area contributed by atoms with Crippen molar-refractivity contribution >= 4 is 39.8 Å². The molecule has 0 saturated carbocycles. The Morgan fingerprint density at radius 2 is 1.88 bits per heavy atom. The molecule has 0 fully saturated rings. The number of anilines is 1. The third-order valence-corrected chi connectivity index (χ3v) is 5.64. The first-order chi connectivity index (χ1) is 15.3. The Bertz CT molecular complexity index is 1290. The molecule has 8 heteroatoms. The number of amides is 1. The van der Waals surface area contributed by atoms with Crippen molar-refractivity contribution in [3.63, 3.8) is 0 Å². The predicted molar refractivity (Wildman–Crippen MR) is 126 cm³/mol. The largest absolute Gasteiger partial charge is 0.461 e. The lowest BCUT2D eigenvalue weighted by atomic mass is 9.95. The minimum absolute atomic E-state index is 0.0787. The van der Waals surface area contributed by atoms with Gasteiger partial charge in [-0.3, -0.25) is 4.79 Å². The number of fused-ring (bicyclic) bond motifs is 1. The van der Waals surface area contributed by atoms with E-state index < -0.39 is 11.4 Å². The molecule has 1 amide bonds. The van der Waals surface area contributed by atoms with Crippen LogP contribution in [0.2, 0.25) is 0 Å². The van der Waals surface area contributed by atoms with Gasteiger partial charge in [0, 0.05) is 27.4 Å². The minimum atomic E-state index is -0.520. The fraction of sp³-hybridized carbons (Fsp3) is 0.250. The van der Waals surface area contributed by atoms with E-state index >= 15 is 0 Å². The SMILES string of the molecule is CCOC(=O)c1csc(-n2nc(-c3ccccc3)c3ccc(NC(=O)C(C)(C)C)cc32)n1. The number of carbonyl (C=O) groups is 2. The van der Waals surface area contributed by atoms with Crippen molar-refractivity contribution in [2.45, 2.75) is 27.7 Å². The highest BCUT2D eigenvalue weighted by atomic mass is 32.1. The molecule has 1 N–H and O–H groups in total. The van der Waals surface area contributed by atoms with Crippen molar-refractivity contribution in [3.8, 4) is 16.4 Å². The lowest BCUT2D eigenvalue weighted by Crippen LogP contribution is -2.27. The van der Waals surface area contributed by atoms with Gasteiger partial charge in [0.05, 0.1) is 12.1 Å². The summed E-state index contributed by atoms with van der Waals surface area (Å²) in [5.41, 5.74) is 2.93. The number of thiazole rings is 1. The number of carbonyl (C=O) groups excluding carboxylic acids is 2. The van der Waals surface area contributed by atoms with Crippen LogP contribution >= 0.6 is 11.3 Å². The van der Waals surface area contributed by atoms with Gasteiger partial charge in [0.25, 0.3) is 0 Å². The van der Waals surface area contributed by atoms with Gasteiger partial charge in [-0.15, -0.1) is 11.3 Å². The first kappa shape index (κ1) is 21.7. The molecule has 0 aliphatic heterocycles. The van der Waals surface area contributed by atoms with Crippen molar-refractivity contribution in [1.29, 1.82) is 0 Å². The quantitative estimate of drug-likeness (QED) is 0.418. The van der Waals surface area contributed by atoms with Gasteiger partial charge in [0.1, 0.15) is 5.69 Å².